The highest BCUT2D eigenvalue weighted by atomic mass is 35.5. The van der Waals surface area contributed by atoms with Crippen molar-refractivity contribution >= 4 is 23.7 Å². The van der Waals surface area contributed by atoms with Gasteiger partial charge in [-0.1, -0.05) is 55.2 Å². The maximum Gasteiger partial charge on any atom is 0.120 e. The van der Waals surface area contributed by atoms with Gasteiger partial charge in [0.05, 0.1) is 0 Å². The zero-order chi connectivity index (χ0) is 23.5. The number of allylic oxidation sites excluding steroid dienone is 1. The third-order valence-corrected chi connectivity index (χ3v) is 5.73. The first-order chi connectivity index (χ1) is 15.9. The fraction of sp³-hybridized carbons (Fsp3) is 0.333. The van der Waals surface area contributed by atoms with Gasteiger partial charge in [0.1, 0.15) is 12.4 Å². The van der Waals surface area contributed by atoms with Gasteiger partial charge < -0.3 is 4.74 Å². The van der Waals surface area contributed by atoms with Crippen molar-refractivity contribution < 1.29 is 4.74 Å². The quantitative estimate of drug-likeness (QED) is 0.264. The third kappa shape index (κ3) is 9.77. The Bertz CT molecular complexity index is 1090. The van der Waals surface area contributed by atoms with Gasteiger partial charge in [-0.2, -0.15) is 11.3 Å². The maximum atomic E-state index is 6.14. The molecule has 34 heavy (non-hydrogen) atoms. The van der Waals surface area contributed by atoms with Crippen LogP contribution in [0.2, 0.25) is 0 Å². The molecular weight excluding hydrogens is 458 g/mol. The normalized spacial score (nSPS) is 11.2. The highest BCUT2D eigenvalue weighted by Gasteiger charge is 2.06. The van der Waals surface area contributed by atoms with Gasteiger partial charge in [0.25, 0.3) is 0 Å². The lowest BCUT2D eigenvalue weighted by Crippen LogP contribution is -2.24. The molecule has 0 fully saturated rings. The predicted molar refractivity (Wildman–Crippen MR) is 150 cm³/mol. The van der Waals surface area contributed by atoms with Crippen LogP contribution >= 0.6 is 23.7 Å². The van der Waals surface area contributed by atoms with Crippen LogP contribution in [0.15, 0.2) is 77.5 Å². The van der Waals surface area contributed by atoms with Gasteiger partial charge in [0.15, 0.2) is 0 Å². The Morgan fingerprint density at radius 2 is 1.79 bits per heavy atom. The Kier molecular flexibility index (Phi) is 11.4. The van der Waals surface area contributed by atoms with Crippen molar-refractivity contribution in [3.8, 4) is 28.7 Å². The topological polar surface area (TPSA) is 12.5 Å². The SMILES string of the molecule is CCCN(C/C=C/C#CC(C)(C)C)Cc1cccc(OCc2cccc(-c3ccsc3)c2)c1.Cl. The molecule has 180 valence electrons. The first-order valence-corrected chi connectivity index (χ1v) is 12.6. The number of hydrogen-bond donors (Lipinski definition) is 0. The lowest BCUT2D eigenvalue weighted by molar-refractivity contribution is 0.290. The predicted octanol–water partition coefficient (Wildman–Crippen LogP) is 8.23. The van der Waals surface area contributed by atoms with Crippen LogP contribution < -0.4 is 4.74 Å². The molecule has 0 spiro atoms. The van der Waals surface area contributed by atoms with Crippen LogP contribution in [0.5, 0.6) is 5.75 Å². The van der Waals surface area contributed by atoms with Gasteiger partial charge in [-0.25, -0.2) is 0 Å². The van der Waals surface area contributed by atoms with Crippen LogP contribution in [0.25, 0.3) is 11.1 Å². The molecule has 0 saturated heterocycles. The summed E-state index contributed by atoms with van der Waals surface area (Å²) < 4.78 is 6.14. The second-order valence-corrected chi connectivity index (χ2v) is 10.1. The molecule has 2 aromatic carbocycles. The first kappa shape index (κ1) is 27.7. The molecule has 1 heterocycles. The molecule has 0 unspecified atom stereocenters. The molecule has 0 atom stereocenters. The Balaban J connectivity index is 0.00000408. The Morgan fingerprint density at radius 3 is 2.53 bits per heavy atom. The van der Waals surface area contributed by atoms with Crippen molar-refractivity contribution in [2.24, 2.45) is 5.41 Å². The molecule has 4 heteroatoms. The molecule has 0 aliphatic carbocycles. The molecule has 0 N–H and O–H groups in total. The van der Waals surface area contributed by atoms with Crippen molar-refractivity contribution in [2.45, 2.75) is 47.3 Å². The van der Waals surface area contributed by atoms with E-state index in [0.29, 0.717) is 6.61 Å². The summed E-state index contributed by atoms with van der Waals surface area (Å²) in [5.74, 6) is 7.33. The van der Waals surface area contributed by atoms with Crippen LogP contribution in [-0.2, 0) is 13.2 Å². The summed E-state index contributed by atoms with van der Waals surface area (Å²) in [7, 11) is 0. The van der Waals surface area contributed by atoms with E-state index < -0.39 is 0 Å². The molecule has 1 aromatic heterocycles. The van der Waals surface area contributed by atoms with E-state index in [4.69, 9.17) is 4.74 Å². The van der Waals surface area contributed by atoms with Gasteiger partial charge in [-0.3, -0.25) is 4.90 Å². The number of benzene rings is 2. The van der Waals surface area contributed by atoms with Crippen LogP contribution in [0.3, 0.4) is 0 Å². The van der Waals surface area contributed by atoms with Crippen molar-refractivity contribution in [3.05, 3.63) is 88.6 Å². The number of halogens is 1. The zero-order valence-corrected chi connectivity index (χ0v) is 22.3. The average molecular weight is 494 g/mol. The summed E-state index contributed by atoms with van der Waals surface area (Å²) in [5, 5.41) is 4.29. The van der Waals surface area contributed by atoms with Gasteiger partial charge in [0, 0.05) is 18.5 Å². The number of rotatable bonds is 10. The third-order valence-electron chi connectivity index (χ3n) is 5.04. The van der Waals surface area contributed by atoms with E-state index in [1.54, 1.807) is 11.3 Å². The first-order valence-electron chi connectivity index (χ1n) is 11.7. The standard InChI is InChI=1S/C30H35NOS.ClH/c1-5-17-31(18-8-6-7-16-30(2,3)4)22-25-11-10-14-29(21-25)32-23-26-12-9-13-27(20-26)28-15-19-33-24-28;/h6,8-15,19-21,24H,5,17-18,22-23H2,1-4H3;1H/b8-6+;. The van der Waals surface area contributed by atoms with Crippen LogP contribution in [0.4, 0.5) is 0 Å². The monoisotopic (exact) mass is 493 g/mol. The minimum absolute atomic E-state index is 0. The molecular formula is C30H36ClNOS. The van der Waals surface area contributed by atoms with E-state index in [9.17, 15) is 0 Å². The van der Waals surface area contributed by atoms with Crippen molar-refractivity contribution in [1.29, 1.82) is 0 Å². The van der Waals surface area contributed by atoms with Crippen molar-refractivity contribution in [3.63, 3.8) is 0 Å². The molecule has 0 saturated carbocycles. The number of ether oxygens (including phenoxy) is 1. The summed E-state index contributed by atoms with van der Waals surface area (Å²) >= 11 is 1.72. The summed E-state index contributed by atoms with van der Waals surface area (Å²) in [6, 6.07) is 19.2. The van der Waals surface area contributed by atoms with E-state index in [-0.39, 0.29) is 17.8 Å². The second kappa shape index (κ2) is 14.0. The van der Waals surface area contributed by atoms with Gasteiger partial charge in [-0.05, 0) is 97.1 Å². The van der Waals surface area contributed by atoms with Crippen molar-refractivity contribution in [1.82, 2.24) is 4.90 Å². The van der Waals surface area contributed by atoms with E-state index in [1.165, 1.54) is 22.3 Å². The highest BCUT2D eigenvalue weighted by Crippen LogP contribution is 2.24. The molecule has 0 bridgehead atoms. The smallest absolute Gasteiger partial charge is 0.120 e. The molecule has 3 rings (SSSR count). The minimum Gasteiger partial charge on any atom is -0.489 e. The largest absolute Gasteiger partial charge is 0.489 e. The Labute approximate surface area is 216 Å². The van der Waals surface area contributed by atoms with Crippen LogP contribution in [0.1, 0.15) is 45.2 Å². The summed E-state index contributed by atoms with van der Waals surface area (Å²) in [4.78, 5) is 2.44. The van der Waals surface area contributed by atoms with Crippen LogP contribution in [0, 0.1) is 17.3 Å². The summed E-state index contributed by atoms with van der Waals surface area (Å²) in [6.45, 7) is 12.0. The molecule has 2 nitrogen and oxygen atoms in total. The Morgan fingerprint density at radius 1 is 1.00 bits per heavy atom. The molecule has 0 radical (unpaired) electrons. The summed E-state index contributed by atoms with van der Waals surface area (Å²) in [6.07, 6.45) is 5.27. The molecule has 0 amide bonds. The lowest BCUT2D eigenvalue weighted by atomic mass is 9.98. The van der Waals surface area contributed by atoms with Gasteiger partial charge in [0.2, 0.25) is 0 Å². The average Bonchev–Trinajstić information content (AvgIpc) is 3.32. The van der Waals surface area contributed by atoms with E-state index in [1.807, 2.05) is 12.1 Å². The van der Waals surface area contributed by atoms with Crippen LogP contribution in [-0.4, -0.2) is 18.0 Å². The number of nitrogens with zero attached hydrogens (tertiary/aromatic N) is 1. The fourth-order valence-electron chi connectivity index (χ4n) is 3.50. The number of thiophene rings is 1. The Hall–Kier alpha value is -2.51. The molecule has 0 aliphatic rings. The lowest BCUT2D eigenvalue weighted by Gasteiger charge is -2.20. The molecule has 3 aromatic rings. The fourth-order valence-corrected chi connectivity index (χ4v) is 4.16. The highest BCUT2D eigenvalue weighted by molar-refractivity contribution is 7.08. The number of hydrogen-bond acceptors (Lipinski definition) is 3. The van der Waals surface area contributed by atoms with Gasteiger partial charge >= 0.3 is 0 Å². The maximum absolute atomic E-state index is 6.14. The van der Waals surface area contributed by atoms with Gasteiger partial charge in [-0.15, -0.1) is 12.4 Å². The summed E-state index contributed by atoms with van der Waals surface area (Å²) in [5.41, 5.74) is 4.99. The second-order valence-electron chi connectivity index (χ2n) is 9.31. The zero-order valence-electron chi connectivity index (χ0n) is 20.7. The van der Waals surface area contributed by atoms with E-state index >= 15 is 0 Å². The minimum atomic E-state index is 0. The van der Waals surface area contributed by atoms with Crippen molar-refractivity contribution in [2.75, 3.05) is 13.1 Å². The van der Waals surface area contributed by atoms with E-state index in [0.717, 1.165) is 31.8 Å². The molecule has 0 aliphatic heterocycles. The van der Waals surface area contributed by atoms with E-state index in [2.05, 4.69) is 110 Å².